The monoisotopic (exact) mass is 261 g/mol. The predicted molar refractivity (Wildman–Crippen MR) is 46.5 cm³/mol. The Bertz CT molecular complexity index is 14.1. The van der Waals surface area contributed by atoms with Crippen LogP contribution in [0.3, 0.4) is 0 Å². The molecule has 0 unspecified atom stereocenters. The molecule has 1 N–H and O–H groups in total. The van der Waals surface area contributed by atoms with Crippen LogP contribution < -0.4 is 0 Å². The van der Waals surface area contributed by atoms with Crippen molar-refractivity contribution in [1.29, 1.82) is 0 Å². The second-order valence-corrected chi connectivity index (χ2v) is 1.000. The molecular weight excluding hydrogens is 239 g/mol. The van der Waals surface area contributed by atoms with Gasteiger partial charge in [0.15, 0.2) is 0 Å². The van der Waals surface area contributed by atoms with Crippen LogP contribution in [0.25, 0.3) is 0 Å². The van der Waals surface area contributed by atoms with Crippen molar-refractivity contribution in [2.24, 2.45) is 0 Å². The van der Waals surface area contributed by atoms with Gasteiger partial charge in [0, 0.05) is 24.2 Å². The summed E-state index contributed by atoms with van der Waals surface area (Å²) in [6.45, 7) is 8.36. The number of rotatable bonds is 1. The van der Waals surface area contributed by atoms with Gasteiger partial charge in [-0.05, 0) is 0 Å². The maximum atomic E-state index is 7.00. The van der Waals surface area contributed by atoms with Crippen molar-refractivity contribution in [3.63, 3.8) is 0 Å². The van der Waals surface area contributed by atoms with Crippen molar-refractivity contribution in [2.45, 2.75) is 40.5 Å². The quantitative estimate of drug-likeness (QED) is 0.569. The van der Waals surface area contributed by atoms with Crippen LogP contribution in [0.15, 0.2) is 0 Å². The number of hydrogen-bond donors (Lipinski definition) is 1. The predicted octanol–water partition coefficient (Wildman–Crippen LogP) is 2.89. The van der Waals surface area contributed by atoms with Crippen LogP contribution in [0, 0.1) is 7.43 Å². The number of unbranched alkanes of at least 4 members (excludes halogenated alkanes) is 1. The summed E-state index contributed by atoms with van der Waals surface area (Å²) in [5.41, 5.74) is 0. The van der Waals surface area contributed by atoms with E-state index in [0.29, 0.717) is 0 Å². The number of aliphatic hydroxyl groups is 1. The van der Waals surface area contributed by atoms with E-state index in [1.165, 1.54) is 12.8 Å². The van der Waals surface area contributed by atoms with Crippen LogP contribution in [-0.2, 0) is 34.1 Å². The molecule has 0 saturated carbocycles. The Morgan fingerprint density at radius 1 is 0.909 bits per heavy atom. The summed E-state index contributed by atoms with van der Waals surface area (Å²) in [4.78, 5) is 0. The van der Waals surface area contributed by atoms with Gasteiger partial charge in [0.25, 0.3) is 0 Å². The van der Waals surface area contributed by atoms with E-state index in [2.05, 4.69) is 13.8 Å². The summed E-state index contributed by atoms with van der Waals surface area (Å²) >= 11 is 0. The average molecular weight is 262 g/mol. The minimum Gasteiger partial charge on any atom is -0.400 e. The summed E-state index contributed by atoms with van der Waals surface area (Å²) < 4.78 is 0. The third-order valence-corrected chi connectivity index (χ3v) is 0.500. The first kappa shape index (κ1) is 40.3. The molecule has 1 nitrogen and oxygen atoms in total. The second kappa shape index (κ2) is 122. The minimum absolute atomic E-state index is 0. The molecule has 0 aliphatic carbocycles. The molecule has 83 valence electrons. The normalized spacial score (nSPS) is 3.82. The number of hydrogen-bond acceptors (Lipinski definition) is 1. The molecule has 11 heavy (non-hydrogen) atoms. The van der Waals surface area contributed by atoms with Gasteiger partial charge in [-0.2, -0.15) is 0 Å². The topological polar surface area (TPSA) is 20.2 Å². The zero-order valence-corrected chi connectivity index (χ0v) is 10.3. The van der Waals surface area contributed by atoms with Gasteiger partial charge in [-0.3, -0.25) is 0 Å². The van der Waals surface area contributed by atoms with E-state index < -0.39 is 0 Å². The smallest absolute Gasteiger partial charge is 0.400 e. The minimum atomic E-state index is 0. The van der Waals surface area contributed by atoms with E-state index in [1.54, 1.807) is 0 Å². The van der Waals surface area contributed by atoms with Crippen molar-refractivity contribution < 1.29 is 39.2 Å². The fourth-order valence-electron chi connectivity index (χ4n) is 0. The van der Waals surface area contributed by atoms with Gasteiger partial charge in [-0.25, -0.2) is 0 Å². The molecule has 0 fully saturated rings. The van der Waals surface area contributed by atoms with Crippen LogP contribution in [0.1, 0.15) is 40.5 Å². The summed E-state index contributed by atoms with van der Waals surface area (Å²) in [5.74, 6) is 0. The standard InChI is InChI=1S/C4H10.C2H6.CH4O.CH3.2Cu/c1-3-4-2;2*1-2;;;/h3-4H2,1-2H3;1-2H3;2H,1H3;1H3;;/q;;;-1;;+1. The van der Waals surface area contributed by atoms with Crippen molar-refractivity contribution in [1.82, 2.24) is 0 Å². The first-order chi connectivity index (χ1) is 3.91. The SMILES string of the molecule is CC.CCCC.CO.[CH3-].[Cu+].[Cu]. The van der Waals surface area contributed by atoms with Gasteiger partial charge in [-0.15, -0.1) is 0 Å². The van der Waals surface area contributed by atoms with Crippen LogP contribution in [0.5, 0.6) is 0 Å². The van der Waals surface area contributed by atoms with E-state index in [0.717, 1.165) is 7.11 Å². The second-order valence-electron chi connectivity index (χ2n) is 1.000. The summed E-state index contributed by atoms with van der Waals surface area (Å²) in [7, 11) is 1.00. The number of aliphatic hydroxyl groups excluding tert-OH is 1. The van der Waals surface area contributed by atoms with Crippen LogP contribution in [0.2, 0.25) is 0 Å². The molecule has 0 aliphatic heterocycles. The van der Waals surface area contributed by atoms with E-state index in [4.69, 9.17) is 5.11 Å². The van der Waals surface area contributed by atoms with Gasteiger partial charge in [-0.1, -0.05) is 40.5 Å². The summed E-state index contributed by atoms with van der Waals surface area (Å²) in [6, 6.07) is 0. The first-order valence-corrected chi connectivity index (χ1v) is 3.36. The molecule has 0 heterocycles. The van der Waals surface area contributed by atoms with Crippen LogP contribution in [0.4, 0.5) is 0 Å². The molecular formula is C8H23Cu2O. The molecule has 0 amide bonds. The maximum Gasteiger partial charge on any atom is 1.00 e. The van der Waals surface area contributed by atoms with Crippen LogP contribution >= 0.6 is 0 Å². The van der Waals surface area contributed by atoms with E-state index in [9.17, 15) is 0 Å². The Kier molecular flexibility index (Phi) is 448. The Labute approximate surface area is 94.3 Å². The largest absolute Gasteiger partial charge is 1.00 e. The zero-order chi connectivity index (χ0) is 7.41. The molecule has 0 bridgehead atoms. The molecule has 0 aliphatic rings. The molecule has 0 atom stereocenters. The van der Waals surface area contributed by atoms with Gasteiger partial charge < -0.3 is 12.5 Å². The molecule has 3 heteroatoms. The molecule has 0 saturated heterocycles. The molecule has 0 aromatic carbocycles. The Hall–Kier alpha value is 0.999. The molecule has 0 aromatic rings. The zero-order valence-electron chi connectivity index (χ0n) is 8.46. The molecule has 1 radical (unpaired) electrons. The van der Waals surface area contributed by atoms with E-state index in [1.807, 2.05) is 13.8 Å². The Balaban J connectivity index is -0.00000000813. The van der Waals surface area contributed by atoms with Gasteiger partial charge >= 0.3 is 17.1 Å². The van der Waals surface area contributed by atoms with E-state index >= 15 is 0 Å². The Morgan fingerprint density at radius 2 is 1.00 bits per heavy atom. The van der Waals surface area contributed by atoms with E-state index in [-0.39, 0.29) is 41.6 Å². The third kappa shape index (κ3) is 223. The summed E-state index contributed by atoms with van der Waals surface area (Å²) in [5, 5.41) is 7.00. The molecule has 0 rings (SSSR count). The third-order valence-electron chi connectivity index (χ3n) is 0.500. The molecule has 0 aromatic heterocycles. The van der Waals surface area contributed by atoms with Crippen molar-refractivity contribution in [3.05, 3.63) is 7.43 Å². The molecule has 0 spiro atoms. The van der Waals surface area contributed by atoms with Gasteiger partial charge in [0.1, 0.15) is 0 Å². The van der Waals surface area contributed by atoms with Crippen molar-refractivity contribution in [3.8, 4) is 0 Å². The van der Waals surface area contributed by atoms with Gasteiger partial charge in [0.2, 0.25) is 0 Å². The summed E-state index contributed by atoms with van der Waals surface area (Å²) in [6.07, 6.45) is 2.64. The van der Waals surface area contributed by atoms with Crippen LogP contribution in [-0.4, -0.2) is 12.2 Å². The maximum absolute atomic E-state index is 7.00. The first-order valence-electron chi connectivity index (χ1n) is 3.36. The fourth-order valence-corrected chi connectivity index (χ4v) is 0. The van der Waals surface area contributed by atoms with Gasteiger partial charge in [0.05, 0.1) is 0 Å². The average Bonchev–Trinajstić information content (AvgIpc) is 1.96. The van der Waals surface area contributed by atoms with Crippen molar-refractivity contribution in [2.75, 3.05) is 7.11 Å². The Morgan fingerprint density at radius 3 is 1.00 bits per heavy atom. The van der Waals surface area contributed by atoms with Crippen molar-refractivity contribution >= 4 is 0 Å². The fraction of sp³-hybridized carbons (Fsp3) is 0.875.